The van der Waals surface area contributed by atoms with E-state index < -0.39 is 5.97 Å². The Morgan fingerprint density at radius 3 is 2.27 bits per heavy atom. The maximum absolute atomic E-state index is 12.4. The molecule has 0 spiro atoms. The van der Waals surface area contributed by atoms with Crippen molar-refractivity contribution in [3.05, 3.63) is 106 Å². The molecule has 4 aromatic carbocycles. The molecule has 2 N–H and O–H groups in total. The molecule has 0 atom stereocenters. The van der Waals surface area contributed by atoms with Crippen LogP contribution in [0.25, 0.3) is 33.3 Å². The summed E-state index contributed by atoms with van der Waals surface area (Å²) in [6.45, 7) is 2.55. The van der Waals surface area contributed by atoms with Crippen LogP contribution in [0.1, 0.15) is 27.9 Å². The van der Waals surface area contributed by atoms with E-state index in [2.05, 4.69) is 23.5 Å². The zero-order chi connectivity index (χ0) is 29.1. The van der Waals surface area contributed by atoms with Gasteiger partial charge < -0.3 is 15.2 Å². The number of hydrogen-bond donors (Lipinski definition) is 2. The van der Waals surface area contributed by atoms with Gasteiger partial charge in [-0.25, -0.2) is 0 Å². The van der Waals surface area contributed by atoms with E-state index in [0.717, 1.165) is 50.2 Å². The number of ether oxygens (including phenoxy) is 1. The highest BCUT2D eigenvalue weighted by atomic mass is 35.5. The van der Waals surface area contributed by atoms with Crippen LogP contribution in [0.2, 0.25) is 10.0 Å². The molecule has 0 saturated carbocycles. The van der Waals surface area contributed by atoms with Gasteiger partial charge in [0.05, 0.1) is 31.5 Å². The predicted molar refractivity (Wildman–Crippen MR) is 162 cm³/mol. The molecule has 1 amide bonds. The van der Waals surface area contributed by atoms with Crippen LogP contribution >= 0.6 is 23.2 Å². The van der Waals surface area contributed by atoms with E-state index in [4.69, 9.17) is 38.1 Å². The van der Waals surface area contributed by atoms with Gasteiger partial charge in [-0.05, 0) is 71.8 Å². The molecule has 5 rings (SSSR count). The fourth-order valence-electron chi connectivity index (χ4n) is 4.81. The number of nitrogens with zero attached hydrogens (tertiary/aromatic N) is 2. The minimum absolute atomic E-state index is 0.0701. The Hall–Kier alpha value is -4.33. The van der Waals surface area contributed by atoms with Gasteiger partial charge in [-0.2, -0.15) is 5.10 Å². The summed E-state index contributed by atoms with van der Waals surface area (Å²) in [5.41, 5.74) is 5.91. The smallest absolute Gasteiger partial charge is 0.305 e. The molecule has 0 saturated heterocycles. The maximum atomic E-state index is 12.4. The van der Waals surface area contributed by atoms with Crippen molar-refractivity contribution in [2.24, 2.45) is 0 Å². The fraction of sp³-hybridized carbons (Fsp3) is 0.156. The predicted octanol–water partition coefficient (Wildman–Crippen LogP) is 7.25. The van der Waals surface area contributed by atoms with Gasteiger partial charge in [0, 0.05) is 38.8 Å². The third-order valence-electron chi connectivity index (χ3n) is 6.82. The number of carboxylic acids is 1. The molecule has 0 bridgehead atoms. The normalized spacial score (nSPS) is 11.0. The Kier molecular flexibility index (Phi) is 8.28. The number of fused-ring (bicyclic) bond motifs is 1. The zero-order valence-corrected chi connectivity index (χ0v) is 24.0. The van der Waals surface area contributed by atoms with Crippen molar-refractivity contribution in [2.45, 2.75) is 19.9 Å². The van der Waals surface area contributed by atoms with Gasteiger partial charge in [0.2, 0.25) is 0 Å². The summed E-state index contributed by atoms with van der Waals surface area (Å²) >= 11 is 12.7. The quantitative estimate of drug-likeness (QED) is 0.189. The molecule has 41 heavy (non-hydrogen) atoms. The second kappa shape index (κ2) is 12.0. The average molecular weight is 588 g/mol. The van der Waals surface area contributed by atoms with Gasteiger partial charge in [0.1, 0.15) is 5.75 Å². The lowest BCUT2D eigenvalue weighted by Gasteiger charge is -2.11. The summed E-state index contributed by atoms with van der Waals surface area (Å²) in [5, 5.41) is 19.6. The highest BCUT2D eigenvalue weighted by molar-refractivity contribution is 6.35. The Morgan fingerprint density at radius 1 is 0.902 bits per heavy atom. The van der Waals surface area contributed by atoms with E-state index in [9.17, 15) is 9.59 Å². The van der Waals surface area contributed by atoms with Crippen LogP contribution in [0.3, 0.4) is 0 Å². The molecule has 0 aliphatic carbocycles. The van der Waals surface area contributed by atoms with Crippen molar-refractivity contribution >= 4 is 45.9 Å². The van der Waals surface area contributed by atoms with Crippen LogP contribution in [-0.4, -0.2) is 40.4 Å². The number of carbonyl (C=O) groups is 2. The first-order valence-corrected chi connectivity index (χ1v) is 13.7. The molecule has 1 aromatic heterocycles. The number of halogens is 2. The Morgan fingerprint density at radius 2 is 1.59 bits per heavy atom. The summed E-state index contributed by atoms with van der Waals surface area (Å²) in [7, 11) is 1.65. The number of carbonyl (C=O) groups excluding carboxylic acids is 1. The first kappa shape index (κ1) is 28.2. The first-order valence-electron chi connectivity index (χ1n) is 12.9. The van der Waals surface area contributed by atoms with E-state index in [1.165, 1.54) is 0 Å². The van der Waals surface area contributed by atoms with E-state index in [0.29, 0.717) is 22.2 Å². The van der Waals surface area contributed by atoms with Crippen LogP contribution in [0.4, 0.5) is 0 Å². The number of carboxylic acid groups (broad SMARTS) is 1. The van der Waals surface area contributed by atoms with Crippen molar-refractivity contribution in [1.29, 1.82) is 0 Å². The van der Waals surface area contributed by atoms with E-state index in [-0.39, 0.29) is 18.9 Å². The number of aromatic nitrogens is 2. The summed E-state index contributed by atoms with van der Waals surface area (Å²) < 4.78 is 7.33. The molecule has 0 unspecified atom stereocenters. The minimum Gasteiger partial charge on any atom is -0.497 e. The Balaban J connectivity index is 1.53. The van der Waals surface area contributed by atoms with E-state index in [1.54, 1.807) is 25.3 Å². The highest BCUT2D eigenvalue weighted by Gasteiger charge is 2.19. The molecule has 1 heterocycles. The standard InChI is InChI=1S/C32H27Cl2N3O4/c1-19-30(25-14-26(33)17-27(34)15-25)36-37(18-20-3-5-21(6-4-20)32(40)35-12-11-29(38)39)31(19)24-8-7-23-16-28(41-2)10-9-22(23)13-24/h3-10,13-17H,11-12,18H2,1-2H3,(H,35,40)(H,38,39). The van der Waals surface area contributed by atoms with Gasteiger partial charge in [-0.1, -0.05) is 53.5 Å². The van der Waals surface area contributed by atoms with E-state index in [1.807, 2.05) is 54.1 Å². The van der Waals surface area contributed by atoms with Crippen molar-refractivity contribution in [3.8, 4) is 28.3 Å². The van der Waals surface area contributed by atoms with Crippen molar-refractivity contribution in [2.75, 3.05) is 13.7 Å². The lowest BCUT2D eigenvalue weighted by molar-refractivity contribution is -0.136. The number of hydrogen-bond acceptors (Lipinski definition) is 4. The Labute approximate surface area is 247 Å². The molecule has 208 valence electrons. The monoisotopic (exact) mass is 587 g/mol. The highest BCUT2D eigenvalue weighted by Crippen LogP contribution is 2.36. The summed E-state index contributed by atoms with van der Waals surface area (Å²) in [6, 6.07) is 24.8. The first-order chi connectivity index (χ1) is 19.7. The third kappa shape index (κ3) is 6.37. The van der Waals surface area contributed by atoms with Crippen LogP contribution in [0.5, 0.6) is 5.75 Å². The summed E-state index contributed by atoms with van der Waals surface area (Å²) in [4.78, 5) is 23.1. The molecule has 0 aliphatic heterocycles. The largest absolute Gasteiger partial charge is 0.497 e. The second-order valence-electron chi connectivity index (χ2n) is 9.66. The van der Waals surface area contributed by atoms with Gasteiger partial charge >= 0.3 is 5.97 Å². The van der Waals surface area contributed by atoms with Gasteiger partial charge in [-0.15, -0.1) is 0 Å². The summed E-state index contributed by atoms with van der Waals surface area (Å²) in [6.07, 6.45) is -0.131. The number of aliphatic carboxylic acids is 1. The number of methoxy groups -OCH3 is 1. The second-order valence-corrected chi connectivity index (χ2v) is 10.5. The molecular weight excluding hydrogens is 561 g/mol. The number of amides is 1. The average Bonchev–Trinajstić information content (AvgIpc) is 3.27. The van der Waals surface area contributed by atoms with Crippen LogP contribution in [0.15, 0.2) is 78.9 Å². The molecule has 0 aliphatic rings. The van der Waals surface area contributed by atoms with Crippen molar-refractivity contribution in [1.82, 2.24) is 15.1 Å². The minimum atomic E-state index is -0.962. The summed E-state index contributed by atoms with van der Waals surface area (Å²) in [5.74, 6) is -0.483. The van der Waals surface area contributed by atoms with Crippen molar-refractivity contribution < 1.29 is 19.4 Å². The van der Waals surface area contributed by atoms with Gasteiger partial charge in [0.15, 0.2) is 0 Å². The van der Waals surface area contributed by atoms with Gasteiger partial charge in [0.25, 0.3) is 5.91 Å². The van der Waals surface area contributed by atoms with E-state index >= 15 is 0 Å². The Bertz CT molecular complexity index is 1740. The molecule has 9 heteroatoms. The maximum Gasteiger partial charge on any atom is 0.305 e. The number of benzene rings is 4. The molecular formula is C32H27Cl2N3O4. The third-order valence-corrected chi connectivity index (χ3v) is 7.26. The lowest BCUT2D eigenvalue weighted by atomic mass is 10.00. The molecule has 0 fully saturated rings. The van der Waals surface area contributed by atoms with Gasteiger partial charge in [-0.3, -0.25) is 14.3 Å². The molecule has 7 nitrogen and oxygen atoms in total. The van der Waals surface area contributed by atoms with Crippen LogP contribution in [-0.2, 0) is 11.3 Å². The fourth-order valence-corrected chi connectivity index (χ4v) is 5.34. The zero-order valence-electron chi connectivity index (χ0n) is 22.4. The number of nitrogens with one attached hydrogen (secondary N) is 1. The number of rotatable bonds is 9. The SMILES string of the molecule is COc1ccc2cc(-c3c(C)c(-c4cc(Cl)cc(Cl)c4)nn3Cc3ccc(C(=O)NCCC(=O)O)cc3)ccc2c1. The lowest BCUT2D eigenvalue weighted by Crippen LogP contribution is -2.25. The van der Waals surface area contributed by atoms with Crippen LogP contribution < -0.4 is 10.1 Å². The van der Waals surface area contributed by atoms with Crippen LogP contribution in [0, 0.1) is 6.92 Å². The molecule has 5 aromatic rings. The molecule has 0 radical (unpaired) electrons. The topological polar surface area (TPSA) is 93.5 Å². The van der Waals surface area contributed by atoms with Crippen molar-refractivity contribution in [3.63, 3.8) is 0 Å².